The van der Waals surface area contributed by atoms with Gasteiger partial charge in [-0.25, -0.2) is 0 Å². The van der Waals surface area contributed by atoms with Crippen LogP contribution in [0, 0.1) is 6.92 Å². The van der Waals surface area contributed by atoms with Gasteiger partial charge in [-0.2, -0.15) is 0 Å². The molecule has 0 aliphatic carbocycles. The van der Waals surface area contributed by atoms with Crippen LogP contribution in [0.25, 0.3) is 0 Å². The molecule has 1 amide bonds. The molecule has 1 heterocycles. The highest BCUT2D eigenvalue weighted by atomic mass is 32.2. The molecular formula is C13H17NO3S. The van der Waals surface area contributed by atoms with E-state index in [-0.39, 0.29) is 12.5 Å². The summed E-state index contributed by atoms with van der Waals surface area (Å²) in [5.41, 5.74) is 1.10. The lowest BCUT2D eigenvalue weighted by Crippen LogP contribution is -2.43. The number of hydrogen-bond acceptors (Lipinski definition) is 3. The van der Waals surface area contributed by atoms with Crippen molar-refractivity contribution in [2.75, 3.05) is 31.2 Å². The minimum atomic E-state index is -0.755. The molecule has 0 bridgehead atoms. The van der Waals surface area contributed by atoms with E-state index in [1.54, 1.807) is 4.90 Å². The van der Waals surface area contributed by atoms with Crippen molar-refractivity contribution in [2.45, 2.75) is 6.92 Å². The standard InChI is InChI=1S/C13H17NO3S/c1-11-3-2-4-12(9-11)17-10-13(15)14-5-7-18(16)8-6-14/h2-4,9H,5-8,10H2,1H3. The van der Waals surface area contributed by atoms with Crippen molar-refractivity contribution >= 4 is 16.7 Å². The van der Waals surface area contributed by atoms with Gasteiger partial charge in [0.1, 0.15) is 5.75 Å². The van der Waals surface area contributed by atoms with E-state index < -0.39 is 10.8 Å². The van der Waals surface area contributed by atoms with Crippen LogP contribution in [0.2, 0.25) is 0 Å². The Labute approximate surface area is 109 Å². The number of rotatable bonds is 3. The number of carbonyl (C=O) groups excluding carboxylic acids is 1. The Morgan fingerprint density at radius 1 is 1.39 bits per heavy atom. The fraction of sp³-hybridized carbons (Fsp3) is 0.462. The number of hydrogen-bond donors (Lipinski definition) is 0. The molecule has 18 heavy (non-hydrogen) atoms. The largest absolute Gasteiger partial charge is 0.484 e. The van der Waals surface area contributed by atoms with Gasteiger partial charge in [0.05, 0.1) is 0 Å². The van der Waals surface area contributed by atoms with Crippen molar-refractivity contribution in [1.82, 2.24) is 4.90 Å². The molecule has 1 aromatic carbocycles. The molecule has 1 fully saturated rings. The van der Waals surface area contributed by atoms with Gasteiger partial charge < -0.3 is 9.64 Å². The second-order valence-electron chi connectivity index (χ2n) is 4.33. The van der Waals surface area contributed by atoms with Crippen LogP contribution in [0.5, 0.6) is 5.75 Å². The third-order valence-electron chi connectivity index (χ3n) is 2.88. The highest BCUT2D eigenvalue weighted by Crippen LogP contribution is 2.12. The van der Waals surface area contributed by atoms with E-state index in [1.807, 2.05) is 31.2 Å². The minimum absolute atomic E-state index is 0.0341. The van der Waals surface area contributed by atoms with Crippen LogP contribution >= 0.6 is 0 Å². The summed E-state index contributed by atoms with van der Waals surface area (Å²) in [6.07, 6.45) is 0. The number of carbonyl (C=O) groups is 1. The maximum Gasteiger partial charge on any atom is 0.260 e. The summed E-state index contributed by atoms with van der Waals surface area (Å²) in [4.78, 5) is 13.6. The van der Waals surface area contributed by atoms with Crippen molar-refractivity contribution in [2.24, 2.45) is 0 Å². The fourth-order valence-corrected chi connectivity index (χ4v) is 2.88. The molecule has 0 atom stereocenters. The number of benzene rings is 1. The van der Waals surface area contributed by atoms with Gasteiger partial charge in [-0.1, -0.05) is 12.1 Å². The second kappa shape index (κ2) is 6.00. The summed E-state index contributed by atoms with van der Waals surface area (Å²) in [5.74, 6) is 1.84. The van der Waals surface area contributed by atoms with Gasteiger partial charge in [-0.15, -0.1) is 0 Å². The Morgan fingerprint density at radius 2 is 2.11 bits per heavy atom. The normalized spacial score (nSPS) is 16.6. The number of amides is 1. The lowest BCUT2D eigenvalue weighted by molar-refractivity contribution is -0.133. The first kappa shape index (κ1) is 13.1. The van der Waals surface area contributed by atoms with Crippen LogP contribution < -0.4 is 4.74 Å². The second-order valence-corrected chi connectivity index (χ2v) is 6.03. The summed E-state index contributed by atoms with van der Waals surface area (Å²) in [7, 11) is -0.755. The Balaban J connectivity index is 1.83. The molecule has 1 saturated heterocycles. The quantitative estimate of drug-likeness (QED) is 0.819. The summed E-state index contributed by atoms with van der Waals surface area (Å²) < 4.78 is 16.7. The number of aryl methyl sites for hydroxylation is 1. The van der Waals surface area contributed by atoms with Gasteiger partial charge in [-0.3, -0.25) is 9.00 Å². The van der Waals surface area contributed by atoms with E-state index in [0.717, 1.165) is 5.56 Å². The highest BCUT2D eigenvalue weighted by Gasteiger charge is 2.20. The average molecular weight is 267 g/mol. The van der Waals surface area contributed by atoms with Gasteiger partial charge in [0.15, 0.2) is 6.61 Å². The first-order chi connectivity index (χ1) is 8.65. The summed E-state index contributed by atoms with van der Waals surface area (Å²) in [5, 5.41) is 0. The van der Waals surface area contributed by atoms with E-state index in [4.69, 9.17) is 4.74 Å². The Kier molecular flexibility index (Phi) is 4.36. The molecule has 1 aliphatic rings. The van der Waals surface area contributed by atoms with Crippen molar-refractivity contribution in [3.63, 3.8) is 0 Å². The third kappa shape index (κ3) is 3.57. The van der Waals surface area contributed by atoms with Gasteiger partial charge >= 0.3 is 0 Å². The highest BCUT2D eigenvalue weighted by molar-refractivity contribution is 7.85. The fourth-order valence-electron chi connectivity index (χ4n) is 1.83. The molecule has 5 heteroatoms. The predicted molar refractivity (Wildman–Crippen MR) is 71.1 cm³/mol. The predicted octanol–water partition coefficient (Wildman–Crippen LogP) is 0.965. The van der Waals surface area contributed by atoms with Crippen molar-refractivity contribution in [1.29, 1.82) is 0 Å². The molecular weight excluding hydrogens is 250 g/mol. The van der Waals surface area contributed by atoms with E-state index in [1.165, 1.54) is 0 Å². The summed E-state index contributed by atoms with van der Waals surface area (Å²) in [6.45, 7) is 3.18. The molecule has 2 rings (SSSR count). The minimum Gasteiger partial charge on any atom is -0.484 e. The molecule has 0 aromatic heterocycles. The summed E-state index contributed by atoms with van der Waals surface area (Å²) >= 11 is 0. The Bertz CT molecular complexity index is 451. The molecule has 0 unspecified atom stereocenters. The first-order valence-electron chi connectivity index (χ1n) is 5.97. The SMILES string of the molecule is Cc1cccc(OCC(=O)N2CCS(=O)CC2)c1. The lowest BCUT2D eigenvalue weighted by atomic mass is 10.2. The molecule has 0 spiro atoms. The van der Waals surface area contributed by atoms with E-state index in [9.17, 15) is 9.00 Å². The molecule has 0 radical (unpaired) electrons. The smallest absolute Gasteiger partial charge is 0.260 e. The molecule has 1 aromatic rings. The maximum absolute atomic E-state index is 11.9. The van der Waals surface area contributed by atoms with Crippen LogP contribution in [-0.4, -0.2) is 46.2 Å². The number of ether oxygens (including phenoxy) is 1. The topological polar surface area (TPSA) is 46.6 Å². The van der Waals surface area contributed by atoms with Crippen molar-refractivity contribution in [3.8, 4) is 5.75 Å². The van der Waals surface area contributed by atoms with Crippen LogP contribution in [0.15, 0.2) is 24.3 Å². The van der Waals surface area contributed by atoms with Crippen molar-refractivity contribution in [3.05, 3.63) is 29.8 Å². The zero-order valence-electron chi connectivity index (χ0n) is 10.4. The van der Waals surface area contributed by atoms with Crippen LogP contribution in [0.1, 0.15) is 5.56 Å². The molecule has 1 aliphatic heterocycles. The van der Waals surface area contributed by atoms with E-state index >= 15 is 0 Å². The third-order valence-corrected chi connectivity index (χ3v) is 4.16. The maximum atomic E-state index is 11.9. The first-order valence-corrected chi connectivity index (χ1v) is 7.46. The van der Waals surface area contributed by atoms with Gasteiger partial charge in [0, 0.05) is 35.4 Å². The lowest BCUT2D eigenvalue weighted by Gasteiger charge is -2.26. The molecule has 0 saturated carbocycles. The van der Waals surface area contributed by atoms with E-state index in [0.29, 0.717) is 30.3 Å². The Hall–Kier alpha value is -1.36. The average Bonchev–Trinajstić information content (AvgIpc) is 2.37. The van der Waals surface area contributed by atoms with Gasteiger partial charge in [0.2, 0.25) is 0 Å². The molecule has 98 valence electrons. The van der Waals surface area contributed by atoms with Crippen LogP contribution in [-0.2, 0) is 15.6 Å². The summed E-state index contributed by atoms with van der Waals surface area (Å²) in [6, 6.07) is 7.62. The van der Waals surface area contributed by atoms with Crippen LogP contribution in [0.4, 0.5) is 0 Å². The monoisotopic (exact) mass is 267 g/mol. The molecule has 4 nitrogen and oxygen atoms in total. The van der Waals surface area contributed by atoms with Crippen LogP contribution in [0.3, 0.4) is 0 Å². The Morgan fingerprint density at radius 3 is 2.78 bits per heavy atom. The zero-order valence-corrected chi connectivity index (χ0v) is 11.2. The van der Waals surface area contributed by atoms with Gasteiger partial charge in [0.25, 0.3) is 5.91 Å². The van der Waals surface area contributed by atoms with Crippen molar-refractivity contribution < 1.29 is 13.7 Å². The molecule has 0 N–H and O–H groups in total. The van der Waals surface area contributed by atoms with Gasteiger partial charge in [-0.05, 0) is 24.6 Å². The number of nitrogens with zero attached hydrogens (tertiary/aromatic N) is 1. The van der Waals surface area contributed by atoms with E-state index in [2.05, 4.69) is 0 Å². The zero-order chi connectivity index (χ0) is 13.0.